The van der Waals surface area contributed by atoms with Crippen molar-refractivity contribution in [1.82, 2.24) is 0 Å². The smallest absolute Gasteiger partial charge is 0.264 e. The molecule has 8 heteroatoms. The lowest BCUT2D eigenvalue weighted by Crippen LogP contribution is -2.47. The molecule has 1 aliphatic carbocycles. The Morgan fingerprint density at radius 1 is 1.07 bits per heavy atom. The molecule has 1 unspecified atom stereocenters. The molecule has 160 valence electrons. The average molecular weight is 429 g/mol. The van der Waals surface area contributed by atoms with Crippen LogP contribution < -0.4 is 21.7 Å². The van der Waals surface area contributed by atoms with E-state index in [2.05, 4.69) is 23.2 Å². The van der Waals surface area contributed by atoms with E-state index in [1.54, 1.807) is 0 Å². The fourth-order valence-electron chi connectivity index (χ4n) is 3.64. The molecule has 0 heterocycles. The minimum absolute atomic E-state index is 0.287. The molecule has 0 amide bonds. The number of nitrogens with one attached hydrogen (secondary N) is 1. The molecular formula is C22H28N4O3S. The molecule has 0 aromatic heterocycles. The van der Waals surface area contributed by atoms with Gasteiger partial charge in [0.1, 0.15) is 0 Å². The molecule has 30 heavy (non-hydrogen) atoms. The Hall–Kier alpha value is -2.97. The average Bonchev–Trinajstić information content (AvgIpc) is 2.67. The van der Waals surface area contributed by atoms with E-state index in [-0.39, 0.29) is 5.75 Å². The second-order valence-corrected chi connectivity index (χ2v) is 9.29. The lowest BCUT2D eigenvalue weighted by Gasteiger charge is -2.43. The fourth-order valence-corrected chi connectivity index (χ4v) is 4.13. The van der Waals surface area contributed by atoms with E-state index in [9.17, 15) is 8.42 Å². The standard InChI is InChI=1S/C22H28N4O3S/c1-22(13-2-4-20(16-22)25-19-9-5-17(23)6-10-19)26(14-3-15-30(27,28)29)21-11-7-18(24)8-12-21/h2,4-13,25H,3,14-16,23-24H2,1H3,(H,27,28,29). The first-order chi connectivity index (χ1) is 14.1. The zero-order valence-corrected chi connectivity index (χ0v) is 17.8. The first kappa shape index (κ1) is 21.7. The van der Waals surface area contributed by atoms with Crippen molar-refractivity contribution >= 4 is 32.9 Å². The van der Waals surface area contributed by atoms with Gasteiger partial charge < -0.3 is 21.7 Å². The molecule has 0 saturated carbocycles. The number of hydrogen-bond donors (Lipinski definition) is 4. The fraction of sp³-hybridized carbons (Fsp3) is 0.273. The molecule has 0 spiro atoms. The van der Waals surface area contributed by atoms with Crippen LogP contribution in [0.4, 0.5) is 22.7 Å². The third kappa shape index (κ3) is 5.77. The quantitative estimate of drug-likeness (QED) is 0.374. The number of anilines is 4. The first-order valence-corrected chi connectivity index (χ1v) is 11.3. The highest BCUT2D eigenvalue weighted by Gasteiger charge is 2.32. The topological polar surface area (TPSA) is 122 Å². The van der Waals surface area contributed by atoms with Crippen LogP contribution in [0.2, 0.25) is 0 Å². The van der Waals surface area contributed by atoms with Gasteiger partial charge in [0.15, 0.2) is 0 Å². The Morgan fingerprint density at radius 2 is 1.67 bits per heavy atom. The van der Waals surface area contributed by atoms with Gasteiger partial charge in [0.05, 0.1) is 11.3 Å². The molecule has 0 fully saturated rings. The number of nitrogens with two attached hydrogens (primary N) is 2. The van der Waals surface area contributed by atoms with Gasteiger partial charge in [0, 0.05) is 41.4 Å². The maximum Gasteiger partial charge on any atom is 0.264 e. The molecule has 3 rings (SSSR count). The maximum absolute atomic E-state index is 11.2. The van der Waals surface area contributed by atoms with Crippen LogP contribution in [0.1, 0.15) is 19.8 Å². The van der Waals surface area contributed by atoms with Crippen molar-refractivity contribution in [2.24, 2.45) is 0 Å². The van der Waals surface area contributed by atoms with Crippen molar-refractivity contribution in [3.63, 3.8) is 0 Å². The van der Waals surface area contributed by atoms with Crippen LogP contribution in [0.5, 0.6) is 0 Å². The Balaban J connectivity index is 1.82. The summed E-state index contributed by atoms with van der Waals surface area (Å²) >= 11 is 0. The summed E-state index contributed by atoms with van der Waals surface area (Å²) < 4.78 is 31.5. The molecule has 2 aromatic carbocycles. The normalized spacial score (nSPS) is 18.7. The summed E-state index contributed by atoms with van der Waals surface area (Å²) in [6.45, 7) is 2.56. The van der Waals surface area contributed by atoms with Gasteiger partial charge in [-0.3, -0.25) is 4.55 Å². The van der Waals surface area contributed by atoms with Crippen molar-refractivity contribution in [2.75, 3.05) is 34.0 Å². The molecule has 6 N–H and O–H groups in total. The van der Waals surface area contributed by atoms with Gasteiger partial charge in [0.2, 0.25) is 0 Å². The van der Waals surface area contributed by atoms with E-state index in [4.69, 9.17) is 16.0 Å². The molecule has 0 aliphatic heterocycles. The molecule has 0 saturated heterocycles. The van der Waals surface area contributed by atoms with Crippen LogP contribution in [-0.4, -0.2) is 30.8 Å². The third-order valence-electron chi connectivity index (χ3n) is 5.12. The minimum atomic E-state index is -4.01. The zero-order chi connectivity index (χ0) is 21.8. The molecule has 1 atom stereocenters. The number of allylic oxidation sites excluding steroid dienone is 2. The van der Waals surface area contributed by atoms with E-state index in [0.29, 0.717) is 30.8 Å². The molecule has 7 nitrogen and oxygen atoms in total. The highest BCUT2D eigenvalue weighted by atomic mass is 32.2. The van der Waals surface area contributed by atoms with Gasteiger partial charge in [-0.2, -0.15) is 8.42 Å². The molecule has 0 radical (unpaired) electrons. The van der Waals surface area contributed by atoms with Crippen LogP contribution in [0.25, 0.3) is 0 Å². The van der Waals surface area contributed by atoms with Crippen LogP contribution in [0.15, 0.2) is 72.5 Å². The van der Waals surface area contributed by atoms with E-state index in [1.807, 2.05) is 60.7 Å². The summed E-state index contributed by atoms with van der Waals surface area (Å²) in [5, 5.41) is 3.43. The van der Waals surface area contributed by atoms with E-state index >= 15 is 0 Å². The Kier molecular flexibility index (Phi) is 6.38. The Labute approximate surface area is 177 Å². The second kappa shape index (κ2) is 8.81. The minimum Gasteiger partial charge on any atom is -0.399 e. The van der Waals surface area contributed by atoms with Gasteiger partial charge in [0.25, 0.3) is 10.1 Å². The van der Waals surface area contributed by atoms with Gasteiger partial charge in [-0.15, -0.1) is 0 Å². The van der Waals surface area contributed by atoms with E-state index in [1.165, 1.54) is 0 Å². The van der Waals surface area contributed by atoms with Gasteiger partial charge in [-0.05, 0) is 68.0 Å². The van der Waals surface area contributed by atoms with Crippen molar-refractivity contribution in [3.8, 4) is 0 Å². The summed E-state index contributed by atoms with van der Waals surface area (Å²) in [7, 11) is -4.01. The van der Waals surface area contributed by atoms with Gasteiger partial charge >= 0.3 is 0 Å². The van der Waals surface area contributed by atoms with Gasteiger partial charge in [-0.25, -0.2) is 0 Å². The van der Waals surface area contributed by atoms with Crippen LogP contribution >= 0.6 is 0 Å². The van der Waals surface area contributed by atoms with Crippen molar-refractivity contribution in [3.05, 3.63) is 72.5 Å². The first-order valence-electron chi connectivity index (χ1n) is 9.74. The number of nitrogens with zero attached hydrogens (tertiary/aromatic N) is 1. The summed E-state index contributed by atoms with van der Waals surface area (Å²) in [5.74, 6) is -0.287. The Bertz CT molecular complexity index is 1030. The van der Waals surface area contributed by atoms with Crippen LogP contribution in [0, 0.1) is 0 Å². The molecular weight excluding hydrogens is 400 g/mol. The largest absolute Gasteiger partial charge is 0.399 e. The number of nitrogen functional groups attached to an aromatic ring is 2. The van der Waals surface area contributed by atoms with Crippen molar-refractivity contribution in [1.29, 1.82) is 0 Å². The van der Waals surface area contributed by atoms with Crippen LogP contribution in [0.3, 0.4) is 0 Å². The number of rotatable bonds is 8. The number of benzene rings is 2. The Morgan fingerprint density at radius 3 is 2.27 bits per heavy atom. The van der Waals surface area contributed by atoms with Crippen molar-refractivity contribution in [2.45, 2.75) is 25.3 Å². The SMILES string of the molecule is CC1(N(CCCS(=O)(=O)O)c2ccc(N)cc2)C=CC=C(Nc2ccc(N)cc2)C1. The predicted molar refractivity (Wildman–Crippen MR) is 124 cm³/mol. The summed E-state index contributed by atoms with van der Waals surface area (Å²) in [6.07, 6.45) is 7.11. The molecule has 1 aliphatic rings. The lowest BCUT2D eigenvalue weighted by molar-refractivity contribution is 0.473. The highest BCUT2D eigenvalue weighted by Crippen LogP contribution is 2.34. The maximum atomic E-state index is 11.2. The number of hydrogen-bond acceptors (Lipinski definition) is 6. The van der Waals surface area contributed by atoms with Gasteiger partial charge in [-0.1, -0.05) is 12.2 Å². The summed E-state index contributed by atoms with van der Waals surface area (Å²) in [6, 6.07) is 15.0. The third-order valence-corrected chi connectivity index (χ3v) is 5.93. The summed E-state index contributed by atoms with van der Waals surface area (Å²) in [5.41, 5.74) is 15.5. The summed E-state index contributed by atoms with van der Waals surface area (Å²) in [4.78, 5) is 2.14. The second-order valence-electron chi connectivity index (χ2n) is 7.71. The van der Waals surface area contributed by atoms with E-state index in [0.717, 1.165) is 17.1 Å². The molecule has 0 bridgehead atoms. The van der Waals surface area contributed by atoms with Crippen molar-refractivity contribution < 1.29 is 13.0 Å². The lowest BCUT2D eigenvalue weighted by atomic mass is 9.88. The monoisotopic (exact) mass is 428 g/mol. The van der Waals surface area contributed by atoms with Crippen LogP contribution in [-0.2, 0) is 10.1 Å². The molecule has 2 aromatic rings. The predicted octanol–water partition coefficient (Wildman–Crippen LogP) is 3.65. The highest BCUT2D eigenvalue weighted by molar-refractivity contribution is 7.85. The van der Waals surface area contributed by atoms with E-state index < -0.39 is 15.7 Å². The zero-order valence-electron chi connectivity index (χ0n) is 17.0.